The van der Waals surface area contributed by atoms with Crippen molar-refractivity contribution in [2.75, 3.05) is 0 Å². The second-order valence-corrected chi connectivity index (χ2v) is 13.0. The fraction of sp³-hybridized carbons (Fsp3) is 0.933. The lowest BCUT2D eigenvalue weighted by molar-refractivity contribution is -0.0545. The van der Waals surface area contributed by atoms with Crippen LogP contribution in [0.3, 0.4) is 0 Å². The average molecular weight is 413 g/mol. The lowest BCUT2D eigenvalue weighted by Gasteiger charge is -2.58. The van der Waals surface area contributed by atoms with Crippen LogP contribution in [0.2, 0.25) is 0 Å². The highest BCUT2D eigenvalue weighted by molar-refractivity contribution is 5.25. The van der Waals surface area contributed by atoms with Gasteiger partial charge in [0.2, 0.25) is 0 Å². The van der Waals surface area contributed by atoms with Crippen LogP contribution in [0, 0.1) is 52.3 Å². The monoisotopic (exact) mass is 412 g/mol. The quantitative estimate of drug-likeness (QED) is 0.365. The fourth-order valence-electron chi connectivity index (χ4n) is 9.38. The molecule has 0 saturated heterocycles. The van der Waals surface area contributed by atoms with E-state index in [1.807, 2.05) is 5.57 Å². The Morgan fingerprint density at radius 2 is 1.77 bits per heavy atom. The summed E-state index contributed by atoms with van der Waals surface area (Å²) in [6.45, 7) is 15.1. The van der Waals surface area contributed by atoms with Crippen molar-refractivity contribution in [2.45, 2.75) is 125 Å². The number of hydrogen-bond acceptors (Lipinski definition) is 0. The van der Waals surface area contributed by atoms with Gasteiger partial charge in [0.15, 0.2) is 0 Å². The molecule has 0 N–H and O–H groups in total. The molecule has 0 amide bonds. The van der Waals surface area contributed by atoms with E-state index in [2.05, 4.69) is 47.6 Å². The Labute approximate surface area is 189 Å². The minimum atomic E-state index is 0.551. The predicted octanol–water partition coefficient (Wildman–Crippen LogP) is 9.44. The summed E-state index contributed by atoms with van der Waals surface area (Å²) in [5.74, 6) is 6.84. The summed E-state index contributed by atoms with van der Waals surface area (Å²) < 4.78 is 0. The molecule has 0 nitrogen and oxygen atoms in total. The van der Waals surface area contributed by atoms with Gasteiger partial charge in [0.05, 0.1) is 0 Å². The first-order chi connectivity index (χ1) is 14.3. The Kier molecular flexibility index (Phi) is 6.83. The zero-order chi connectivity index (χ0) is 21.5. The third-order valence-electron chi connectivity index (χ3n) is 11.3. The highest BCUT2D eigenvalue weighted by atomic mass is 14.6. The summed E-state index contributed by atoms with van der Waals surface area (Å²) in [4.78, 5) is 0. The molecular weight excluding hydrogens is 360 g/mol. The van der Waals surface area contributed by atoms with Gasteiger partial charge < -0.3 is 0 Å². The van der Waals surface area contributed by atoms with Crippen molar-refractivity contribution in [2.24, 2.45) is 52.3 Å². The summed E-state index contributed by atoms with van der Waals surface area (Å²) in [6.07, 6.45) is 21.9. The zero-order valence-corrected chi connectivity index (χ0v) is 21.3. The van der Waals surface area contributed by atoms with E-state index >= 15 is 0 Å². The normalized spacial score (nSPS) is 44.2. The minimum absolute atomic E-state index is 0.551. The first kappa shape index (κ1) is 22.9. The summed E-state index contributed by atoms with van der Waals surface area (Å²) >= 11 is 0. The summed E-state index contributed by atoms with van der Waals surface area (Å²) in [5, 5.41) is 0. The molecule has 4 rings (SSSR count). The van der Waals surface area contributed by atoms with E-state index in [0.29, 0.717) is 10.8 Å². The van der Waals surface area contributed by atoms with Gasteiger partial charge in [-0.15, -0.1) is 0 Å². The van der Waals surface area contributed by atoms with Crippen LogP contribution < -0.4 is 0 Å². The van der Waals surface area contributed by atoms with Crippen molar-refractivity contribution in [3.8, 4) is 0 Å². The molecule has 0 heteroatoms. The van der Waals surface area contributed by atoms with Gasteiger partial charge in [-0.2, -0.15) is 0 Å². The Hall–Kier alpha value is -0.260. The molecule has 8 atom stereocenters. The fourth-order valence-corrected chi connectivity index (χ4v) is 9.38. The first-order valence-electron chi connectivity index (χ1n) is 14.0. The standard InChI is InChI=1S/C30H52/c1-7-22-16-18-29(5)24(20-22)12-13-25-27-15-14-26(30(27,6)19-17-28(25)29)23(8-2)11-9-10-21(3)4/h12,21-23,25-28H,7-11,13-20H2,1-6H3/t22?,23-,25?,26-,27?,28?,29?,30-/m1/s1. The van der Waals surface area contributed by atoms with Crippen molar-refractivity contribution in [1.29, 1.82) is 0 Å². The van der Waals surface area contributed by atoms with Gasteiger partial charge in [-0.05, 0) is 104 Å². The molecule has 5 unspecified atom stereocenters. The second kappa shape index (κ2) is 8.94. The van der Waals surface area contributed by atoms with Crippen molar-refractivity contribution in [3.63, 3.8) is 0 Å². The predicted molar refractivity (Wildman–Crippen MR) is 131 cm³/mol. The maximum Gasteiger partial charge on any atom is -0.00851 e. The van der Waals surface area contributed by atoms with E-state index in [9.17, 15) is 0 Å². The molecule has 0 radical (unpaired) electrons. The topological polar surface area (TPSA) is 0 Å². The van der Waals surface area contributed by atoms with Gasteiger partial charge in [-0.3, -0.25) is 0 Å². The van der Waals surface area contributed by atoms with E-state index < -0.39 is 0 Å². The number of hydrogen-bond donors (Lipinski definition) is 0. The van der Waals surface area contributed by atoms with Gasteiger partial charge >= 0.3 is 0 Å². The summed E-state index contributed by atoms with van der Waals surface area (Å²) in [5.41, 5.74) is 3.08. The summed E-state index contributed by atoms with van der Waals surface area (Å²) in [6, 6.07) is 0. The second-order valence-electron chi connectivity index (χ2n) is 13.0. The maximum atomic E-state index is 2.78. The molecule has 4 aliphatic carbocycles. The number of rotatable bonds is 7. The van der Waals surface area contributed by atoms with Crippen molar-refractivity contribution in [1.82, 2.24) is 0 Å². The van der Waals surface area contributed by atoms with E-state index in [-0.39, 0.29) is 0 Å². The number of allylic oxidation sites excluding steroid dienone is 2. The zero-order valence-electron chi connectivity index (χ0n) is 21.3. The van der Waals surface area contributed by atoms with Crippen LogP contribution in [-0.2, 0) is 0 Å². The van der Waals surface area contributed by atoms with Crippen LogP contribution in [0.4, 0.5) is 0 Å². The highest BCUT2D eigenvalue weighted by Crippen LogP contribution is 2.67. The Balaban J connectivity index is 1.50. The minimum Gasteiger partial charge on any atom is -0.0845 e. The molecule has 0 aromatic rings. The smallest absolute Gasteiger partial charge is 0.00851 e. The molecule has 0 aromatic heterocycles. The maximum absolute atomic E-state index is 2.78. The third-order valence-corrected chi connectivity index (χ3v) is 11.3. The molecule has 0 aromatic carbocycles. The Morgan fingerprint density at radius 1 is 0.967 bits per heavy atom. The average Bonchev–Trinajstić information content (AvgIpc) is 3.07. The van der Waals surface area contributed by atoms with Crippen LogP contribution in [0.25, 0.3) is 0 Å². The Morgan fingerprint density at radius 3 is 2.47 bits per heavy atom. The highest BCUT2D eigenvalue weighted by Gasteiger charge is 2.59. The van der Waals surface area contributed by atoms with Crippen molar-refractivity contribution in [3.05, 3.63) is 11.6 Å². The van der Waals surface area contributed by atoms with Gasteiger partial charge in [-0.25, -0.2) is 0 Å². The third kappa shape index (κ3) is 3.85. The molecule has 3 fully saturated rings. The first-order valence-corrected chi connectivity index (χ1v) is 14.0. The largest absolute Gasteiger partial charge is 0.0845 e. The van der Waals surface area contributed by atoms with Gasteiger partial charge in [0.1, 0.15) is 0 Å². The molecule has 0 heterocycles. The van der Waals surface area contributed by atoms with Gasteiger partial charge in [0.25, 0.3) is 0 Å². The number of fused-ring (bicyclic) bond motifs is 5. The SMILES string of the molecule is CCC1CCC2(C)C(=CCC3C2CC[C@@]2(C)C3CC[C@@H]2[C@H](CC)CCCC(C)C)C1. The van der Waals surface area contributed by atoms with E-state index in [4.69, 9.17) is 0 Å². The van der Waals surface area contributed by atoms with Crippen LogP contribution in [0.15, 0.2) is 11.6 Å². The van der Waals surface area contributed by atoms with Crippen LogP contribution in [-0.4, -0.2) is 0 Å². The molecule has 4 aliphatic rings. The van der Waals surface area contributed by atoms with Crippen LogP contribution in [0.1, 0.15) is 125 Å². The molecular formula is C30H52. The van der Waals surface area contributed by atoms with Crippen LogP contribution in [0.5, 0.6) is 0 Å². The lowest BCUT2D eigenvalue weighted by atomic mass is 9.46. The molecule has 0 aliphatic heterocycles. The lowest BCUT2D eigenvalue weighted by Crippen LogP contribution is -2.50. The van der Waals surface area contributed by atoms with Gasteiger partial charge in [0, 0.05) is 0 Å². The van der Waals surface area contributed by atoms with Crippen LogP contribution >= 0.6 is 0 Å². The van der Waals surface area contributed by atoms with E-state index in [0.717, 1.165) is 41.4 Å². The summed E-state index contributed by atoms with van der Waals surface area (Å²) in [7, 11) is 0. The molecule has 3 saturated carbocycles. The van der Waals surface area contributed by atoms with Gasteiger partial charge in [-0.1, -0.05) is 85.3 Å². The van der Waals surface area contributed by atoms with Crippen molar-refractivity contribution < 1.29 is 0 Å². The van der Waals surface area contributed by atoms with E-state index in [1.54, 1.807) is 6.42 Å². The van der Waals surface area contributed by atoms with E-state index in [1.165, 1.54) is 77.0 Å². The molecule has 30 heavy (non-hydrogen) atoms. The molecule has 0 bridgehead atoms. The molecule has 172 valence electrons. The molecule has 0 spiro atoms. The van der Waals surface area contributed by atoms with Crippen molar-refractivity contribution >= 4 is 0 Å². The Bertz CT molecular complexity index is 614.